The Kier molecular flexibility index (Phi) is 4.99. The zero-order chi connectivity index (χ0) is 18.8. The third-order valence-corrected chi connectivity index (χ3v) is 5.42. The van der Waals surface area contributed by atoms with Crippen LogP contribution in [0.25, 0.3) is 10.2 Å². The maximum absolute atomic E-state index is 13.1. The van der Waals surface area contributed by atoms with Gasteiger partial charge in [0.1, 0.15) is 17.3 Å². The number of fused-ring (bicyclic) bond motifs is 1. The number of nitrogens with zero attached hydrogens (tertiary/aromatic N) is 3. The summed E-state index contributed by atoms with van der Waals surface area (Å²) in [4.78, 5) is 6.38. The van der Waals surface area contributed by atoms with Crippen molar-refractivity contribution < 1.29 is 9.13 Å². The summed E-state index contributed by atoms with van der Waals surface area (Å²) in [5.41, 5.74) is 10.9. The average molecular weight is 370 g/mol. The van der Waals surface area contributed by atoms with E-state index in [9.17, 15) is 4.39 Å². The predicted molar refractivity (Wildman–Crippen MR) is 106 cm³/mol. The van der Waals surface area contributed by atoms with Gasteiger partial charge in [0.2, 0.25) is 5.90 Å². The highest BCUT2D eigenvalue weighted by atomic mass is 32.1. The van der Waals surface area contributed by atoms with Crippen LogP contribution < -0.4 is 5.73 Å². The average Bonchev–Trinajstić information content (AvgIpc) is 2.93. The van der Waals surface area contributed by atoms with E-state index in [1.54, 1.807) is 12.1 Å². The van der Waals surface area contributed by atoms with Crippen LogP contribution >= 0.6 is 11.3 Å². The van der Waals surface area contributed by atoms with E-state index in [2.05, 4.69) is 21.9 Å². The molecule has 7 heteroatoms. The summed E-state index contributed by atoms with van der Waals surface area (Å²) in [6.45, 7) is 9.66. The van der Waals surface area contributed by atoms with Gasteiger partial charge in [-0.1, -0.05) is 0 Å². The normalized spacial score (nSPS) is 11.8. The maximum Gasteiger partial charge on any atom is 0.241 e. The molecule has 0 aliphatic carbocycles. The molecule has 0 saturated heterocycles. The second kappa shape index (κ2) is 7.21. The van der Waals surface area contributed by atoms with Crippen molar-refractivity contribution in [3.63, 3.8) is 0 Å². The third-order valence-electron chi connectivity index (χ3n) is 4.35. The number of aryl methyl sites for hydroxylation is 2. The SMILES string of the molecule is C=N/N=C(\OCc1sc2nc(C)c(C)c(C)c2c1N)c1ccc(F)cc1. The van der Waals surface area contributed by atoms with Crippen molar-refractivity contribution in [2.75, 3.05) is 5.73 Å². The fourth-order valence-electron chi connectivity index (χ4n) is 2.68. The minimum absolute atomic E-state index is 0.218. The van der Waals surface area contributed by atoms with E-state index in [4.69, 9.17) is 10.5 Å². The summed E-state index contributed by atoms with van der Waals surface area (Å²) in [6.07, 6.45) is 0. The summed E-state index contributed by atoms with van der Waals surface area (Å²) >= 11 is 1.50. The largest absolute Gasteiger partial charge is 0.470 e. The number of benzene rings is 1. The zero-order valence-corrected chi connectivity index (χ0v) is 15.7. The minimum atomic E-state index is -0.333. The van der Waals surface area contributed by atoms with Crippen molar-refractivity contribution in [3.8, 4) is 0 Å². The van der Waals surface area contributed by atoms with Crippen molar-refractivity contribution in [1.29, 1.82) is 0 Å². The van der Waals surface area contributed by atoms with E-state index in [0.717, 1.165) is 31.9 Å². The molecule has 0 aliphatic heterocycles. The number of nitrogen functional groups attached to an aromatic ring is 1. The smallest absolute Gasteiger partial charge is 0.241 e. The first-order valence-electron chi connectivity index (χ1n) is 7.99. The van der Waals surface area contributed by atoms with Crippen LogP contribution in [0.5, 0.6) is 0 Å². The Balaban J connectivity index is 1.92. The topological polar surface area (TPSA) is 72.9 Å². The van der Waals surface area contributed by atoms with Crippen LogP contribution in [0.15, 0.2) is 34.5 Å². The number of ether oxygens (including phenoxy) is 1. The Morgan fingerprint density at radius 3 is 2.58 bits per heavy atom. The number of anilines is 1. The Morgan fingerprint density at radius 1 is 1.23 bits per heavy atom. The zero-order valence-electron chi connectivity index (χ0n) is 14.8. The Hall–Kier alpha value is -2.80. The fraction of sp³-hybridized carbons (Fsp3) is 0.211. The molecule has 0 fully saturated rings. The Bertz CT molecular complexity index is 1010. The van der Waals surface area contributed by atoms with Crippen molar-refractivity contribution in [1.82, 2.24) is 4.98 Å². The molecule has 0 atom stereocenters. The number of nitrogens with two attached hydrogens (primary N) is 1. The monoisotopic (exact) mass is 370 g/mol. The first kappa shape index (κ1) is 18.0. The van der Waals surface area contributed by atoms with Gasteiger partial charge >= 0.3 is 0 Å². The summed E-state index contributed by atoms with van der Waals surface area (Å²) < 4.78 is 18.9. The lowest BCUT2D eigenvalue weighted by molar-refractivity contribution is 0.297. The van der Waals surface area contributed by atoms with E-state index in [1.165, 1.54) is 23.5 Å². The van der Waals surface area contributed by atoms with E-state index in [0.29, 0.717) is 11.3 Å². The van der Waals surface area contributed by atoms with Crippen LogP contribution in [0.4, 0.5) is 10.1 Å². The molecule has 0 aliphatic rings. The van der Waals surface area contributed by atoms with Gasteiger partial charge in [0, 0.05) is 23.4 Å². The van der Waals surface area contributed by atoms with Crippen molar-refractivity contribution in [2.24, 2.45) is 10.2 Å². The number of hydrogen-bond donors (Lipinski definition) is 1. The first-order chi connectivity index (χ1) is 12.4. The lowest BCUT2D eigenvalue weighted by Gasteiger charge is -2.08. The number of thiophene rings is 1. The number of halogens is 1. The number of hydrogen-bond acceptors (Lipinski definition) is 6. The van der Waals surface area contributed by atoms with E-state index in [1.807, 2.05) is 20.8 Å². The molecule has 0 radical (unpaired) electrons. The van der Waals surface area contributed by atoms with Gasteiger partial charge in [0.25, 0.3) is 0 Å². The summed E-state index contributed by atoms with van der Waals surface area (Å²) in [5.74, 6) is -0.0744. The number of rotatable bonds is 4. The van der Waals surface area contributed by atoms with Crippen LogP contribution in [0.2, 0.25) is 0 Å². The highest BCUT2D eigenvalue weighted by molar-refractivity contribution is 7.19. The lowest BCUT2D eigenvalue weighted by atomic mass is 10.1. The van der Waals surface area contributed by atoms with Crippen molar-refractivity contribution >= 4 is 39.9 Å². The van der Waals surface area contributed by atoms with Crippen LogP contribution in [0.1, 0.15) is 27.3 Å². The van der Waals surface area contributed by atoms with E-state index in [-0.39, 0.29) is 18.3 Å². The minimum Gasteiger partial charge on any atom is -0.470 e. The van der Waals surface area contributed by atoms with Gasteiger partial charge in [-0.25, -0.2) is 9.37 Å². The molecule has 0 amide bonds. The van der Waals surface area contributed by atoms with Gasteiger partial charge in [-0.3, -0.25) is 0 Å². The molecule has 3 rings (SSSR count). The Morgan fingerprint density at radius 2 is 1.92 bits per heavy atom. The third kappa shape index (κ3) is 3.30. The van der Waals surface area contributed by atoms with Crippen molar-refractivity contribution in [3.05, 3.63) is 57.3 Å². The molecule has 2 heterocycles. The molecule has 2 N–H and O–H groups in total. The highest BCUT2D eigenvalue weighted by Gasteiger charge is 2.17. The standard InChI is InChI=1S/C19H19FN4OS/c1-10-11(2)16-17(21)15(26-19(16)23-12(10)3)9-25-18(24-22-4)13-5-7-14(20)8-6-13/h5-8H,4,9,21H2,1-3H3/b24-18-. The molecule has 0 bridgehead atoms. The number of pyridine rings is 1. The predicted octanol–water partition coefficient (Wildman–Crippen LogP) is 4.52. The van der Waals surface area contributed by atoms with Crippen LogP contribution in [0.3, 0.4) is 0 Å². The second-order valence-corrected chi connectivity index (χ2v) is 6.99. The Labute approximate surface area is 155 Å². The van der Waals surface area contributed by atoms with Crippen molar-refractivity contribution in [2.45, 2.75) is 27.4 Å². The molecule has 1 aromatic carbocycles. The molecule has 0 saturated carbocycles. The molecule has 5 nitrogen and oxygen atoms in total. The summed E-state index contributed by atoms with van der Waals surface area (Å²) in [6, 6.07) is 5.83. The molecule has 26 heavy (non-hydrogen) atoms. The second-order valence-electron chi connectivity index (χ2n) is 5.91. The highest BCUT2D eigenvalue weighted by Crippen LogP contribution is 2.37. The molecule has 0 unspecified atom stereocenters. The van der Waals surface area contributed by atoms with Gasteiger partial charge in [-0.2, -0.15) is 5.10 Å². The number of aromatic nitrogens is 1. The van der Waals surface area contributed by atoms with Crippen LogP contribution in [-0.4, -0.2) is 17.6 Å². The molecular weight excluding hydrogens is 351 g/mol. The molecular formula is C19H19FN4OS. The lowest BCUT2D eigenvalue weighted by Crippen LogP contribution is -2.07. The summed E-state index contributed by atoms with van der Waals surface area (Å²) in [7, 11) is 0. The van der Waals surface area contributed by atoms with Gasteiger partial charge in [0.05, 0.1) is 10.6 Å². The molecule has 3 aromatic rings. The molecule has 134 valence electrons. The first-order valence-corrected chi connectivity index (χ1v) is 8.81. The maximum atomic E-state index is 13.1. The van der Waals surface area contributed by atoms with E-state index >= 15 is 0 Å². The molecule has 2 aromatic heterocycles. The van der Waals surface area contributed by atoms with E-state index < -0.39 is 0 Å². The molecule has 0 spiro atoms. The quantitative estimate of drug-likeness (QED) is 0.417. The van der Waals surface area contributed by atoms with Crippen LogP contribution in [-0.2, 0) is 11.3 Å². The summed E-state index contributed by atoms with van der Waals surface area (Å²) in [5, 5.41) is 8.40. The van der Waals surface area contributed by atoms with Gasteiger partial charge in [0.15, 0.2) is 0 Å². The van der Waals surface area contributed by atoms with Crippen LogP contribution in [0, 0.1) is 26.6 Å². The van der Waals surface area contributed by atoms with Gasteiger partial charge < -0.3 is 10.5 Å². The van der Waals surface area contributed by atoms with Gasteiger partial charge in [-0.15, -0.1) is 16.4 Å². The van der Waals surface area contributed by atoms with Gasteiger partial charge in [-0.05, 0) is 56.2 Å². The fourth-order valence-corrected chi connectivity index (χ4v) is 3.79.